The molecule has 0 saturated heterocycles. The van der Waals surface area contributed by atoms with Crippen LogP contribution in [0.5, 0.6) is 0 Å². The number of nitrogens with zero attached hydrogens (tertiary/aromatic N) is 5. The summed E-state index contributed by atoms with van der Waals surface area (Å²) in [6.45, 7) is 0.838. The van der Waals surface area contributed by atoms with Crippen LogP contribution in [0.3, 0.4) is 0 Å². The minimum Gasteiger partial charge on any atom is -0.423 e. The summed E-state index contributed by atoms with van der Waals surface area (Å²) in [4.78, 5) is 13.0. The lowest BCUT2D eigenvalue weighted by atomic mass is 10.2. The van der Waals surface area contributed by atoms with Crippen LogP contribution < -0.4 is 4.90 Å². The van der Waals surface area contributed by atoms with Gasteiger partial charge in [0.1, 0.15) is 11.3 Å². The lowest BCUT2D eigenvalue weighted by Crippen LogP contribution is -2.14. The molecule has 0 spiro atoms. The number of imidazole rings is 1. The molecular weight excluding hydrogens is 333 g/mol. The molecule has 0 radical (unpaired) electrons. The van der Waals surface area contributed by atoms with Crippen molar-refractivity contribution in [2.45, 2.75) is 6.54 Å². The van der Waals surface area contributed by atoms with Crippen molar-refractivity contribution < 1.29 is 8.81 Å². The third-order valence-electron chi connectivity index (χ3n) is 4.35. The van der Waals surface area contributed by atoms with E-state index in [1.54, 1.807) is 11.0 Å². The molecule has 134 valence electrons. The predicted octanol–water partition coefficient (Wildman–Crippen LogP) is 3.68. The van der Waals surface area contributed by atoms with Gasteiger partial charge in [0.2, 0.25) is 5.95 Å². The normalized spacial score (nSPS) is 11.8. The minimum atomic E-state index is -0.305. The molecule has 0 atom stereocenters. The van der Waals surface area contributed by atoms with Gasteiger partial charge in [0.15, 0.2) is 5.58 Å². The summed E-state index contributed by atoms with van der Waals surface area (Å²) < 4.78 is 21.3. The fraction of sp³-hybridized carbons (Fsp3) is 0.263. The monoisotopic (exact) mass is 353 g/mol. The fourth-order valence-electron chi connectivity index (χ4n) is 3.11. The lowest BCUT2D eigenvalue weighted by Gasteiger charge is -2.13. The van der Waals surface area contributed by atoms with Gasteiger partial charge in [-0.15, -0.1) is 0 Å². The van der Waals surface area contributed by atoms with Crippen LogP contribution in [0.1, 0.15) is 5.56 Å². The predicted molar refractivity (Wildman–Crippen MR) is 100 cm³/mol. The molecular formula is C19H20FN5O. The highest BCUT2D eigenvalue weighted by molar-refractivity contribution is 5.80. The van der Waals surface area contributed by atoms with Crippen molar-refractivity contribution in [1.29, 1.82) is 0 Å². The Hall–Kier alpha value is -2.93. The molecule has 0 aliphatic rings. The van der Waals surface area contributed by atoms with Gasteiger partial charge in [-0.25, -0.2) is 9.37 Å². The maximum Gasteiger partial charge on any atom is 0.305 e. The van der Waals surface area contributed by atoms with Gasteiger partial charge in [-0.1, -0.05) is 6.07 Å². The van der Waals surface area contributed by atoms with Gasteiger partial charge in [-0.3, -0.25) is 4.90 Å². The number of hydrogen-bond donors (Lipinski definition) is 0. The van der Waals surface area contributed by atoms with Crippen LogP contribution in [0.15, 0.2) is 40.8 Å². The number of rotatable bonds is 4. The van der Waals surface area contributed by atoms with Crippen molar-refractivity contribution in [1.82, 2.24) is 19.4 Å². The molecule has 2 heterocycles. The zero-order chi connectivity index (χ0) is 18.4. The third-order valence-corrected chi connectivity index (χ3v) is 4.35. The van der Waals surface area contributed by atoms with Crippen LogP contribution in [-0.2, 0) is 13.6 Å². The largest absolute Gasteiger partial charge is 0.423 e. The molecule has 2 aromatic heterocycles. The topological polar surface area (TPSA) is 50.3 Å². The second-order valence-corrected chi connectivity index (χ2v) is 6.70. The number of oxazole rings is 1. The van der Waals surface area contributed by atoms with E-state index in [0.717, 1.165) is 23.2 Å². The second kappa shape index (κ2) is 6.10. The molecule has 0 bridgehead atoms. The van der Waals surface area contributed by atoms with Crippen molar-refractivity contribution in [3.8, 4) is 0 Å². The first-order valence-corrected chi connectivity index (χ1v) is 8.32. The van der Waals surface area contributed by atoms with Crippen molar-refractivity contribution in [2.24, 2.45) is 7.05 Å². The standard InChI is InChI=1S/C19H20FN5O/c1-23(2)11-12-5-8-17-15(9-12)22-19(26-17)25(4)18-21-14-10-13(20)6-7-16(14)24(18)3/h5-10H,11H2,1-4H3. The van der Waals surface area contributed by atoms with Crippen molar-refractivity contribution in [3.63, 3.8) is 0 Å². The van der Waals surface area contributed by atoms with Crippen molar-refractivity contribution in [3.05, 3.63) is 47.8 Å². The zero-order valence-electron chi connectivity index (χ0n) is 15.2. The molecule has 4 rings (SSSR count). The number of fused-ring (bicyclic) bond motifs is 2. The van der Waals surface area contributed by atoms with Crippen LogP contribution >= 0.6 is 0 Å². The molecule has 0 fully saturated rings. The Morgan fingerprint density at radius 2 is 1.85 bits per heavy atom. The number of aromatic nitrogens is 3. The van der Waals surface area contributed by atoms with E-state index in [2.05, 4.69) is 14.9 Å². The van der Waals surface area contributed by atoms with E-state index >= 15 is 0 Å². The Bertz CT molecular complexity index is 1100. The van der Waals surface area contributed by atoms with E-state index in [9.17, 15) is 4.39 Å². The summed E-state index contributed by atoms with van der Waals surface area (Å²) in [5, 5.41) is 0. The highest BCUT2D eigenvalue weighted by Gasteiger charge is 2.18. The molecule has 4 aromatic rings. The molecule has 0 N–H and O–H groups in total. The average Bonchev–Trinajstić information content (AvgIpc) is 3.14. The minimum absolute atomic E-state index is 0.305. The van der Waals surface area contributed by atoms with Crippen LogP contribution in [0.2, 0.25) is 0 Å². The SMILES string of the molecule is CN(C)Cc1ccc2oc(N(C)c3nc4cc(F)ccc4n3C)nc2c1. The fourth-order valence-corrected chi connectivity index (χ4v) is 3.11. The van der Waals surface area contributed by atoms with Crippen LogP contribution in [0.4, 0.5) is 16.4 Å². The lowest BCUT2D eigenvalue weighted by molar-refractivity contribution is 0.402. The highest BCUT2D eigenvalue weighted by atomic mass is 19.1. The first-order valence-electron chi connectivity index (χ1n) is 8.32. The molecule has 0 aliphatic heterocycles. The summed E-state index contributed by atoms with van der Waals surface area (Å²) in [7, 11) is 7.78. The van der Waals surface area contributed by atoms with Gasteiger partial charge in [0.05, 0.1) is 11.0 Å². The molecule has 0 unspecified atom stereocenters. The maximum atomic E-state index is 13.5. The number of benzene rings is 2. The Kier molecular flexibility index (Phi) is 3.88. The van der Waals surface area contributed by atoms with E-state index < -0.39 is 0 Å². The van der Waals surface area contributed by atoms with E-state index in [4.69, 9.17) is 4.42 Å². The van der Waals surface area contributed by atoms with Crippen LogP contribution in [0.25, 0.3) is 22.1 Å². The average molecular weight is 353 g/mol. The Labute approximate surface area is 150 Å². The molecule has 26 heavy (non-hydrogen) atoms. The van der Waals surface area contributed by atoms with E-state index in [1.165, 1.54) is 17.7 Å². The molecule has 0 saturated carbocycles. The number of aryl methyl sites for hydroxylation is 1. The van der Waals surface area contributed by atoms with E-state index in [0.29, 0.717) is 17.5 Å². The summed E-state index contributed by atoms with van der Waals surface area (Å²) in [5.74, 6) is 0.325. The zero-order valence-corrected chi connectivity index (χ0v) is 15.2. The maximum absolute atomic E-state index is 13.5. The summed E-state index contributed by atoms with van der Waals surface area (Å²) >= 11 is 0. The van der Waals surface area contributed by atoms with Gasteiger partial charge < -0.3 is 13.9 Å². The number of anilines is 2. The van der Waals surface area contributed by atoms with Crippen LogP contribution in [0, 0.1) is 5.82 Å². The Morgan fingerprint density at radius 1 is 1.04 bits per heavy atom. The second-order valence-electron chi connectivity index (χ2n) is 6.70. The molecule has 6 nitrogen and oxygen atoms in total. The van der Waals surface area contributed by atoms with Crippen LogP contribution in [-0.4, -0.2) is 40.6 Å². The Balaban J connectivity index is 1.74. The van der Waals surface area contributed by atoms with E-state index in [-0.39, 0.29) is 5.82 Å². The van der Waals surface area contributed by atoms with Crippen molar-refractivity contribution in [2.75, 3.05) is 26.0 Å². The first-order chi connectivity index (χ1) is 12.4. The van der Waals surface area contributed by atoms with E-state index in [1.807, 2.05) is 51.0 Å². The first kappa shape index (κ1) is 16.5. The smallest absolute Gasteiger partial charge is 0.305 e. The summed E-state index contributed by atoms with van der Waals surface area (Å²) in [6, 6.07) is 11.0. The van der Waals surface area contributed by atoms with Crippen molar-refractivity contribution >= 4 is 34.1 Å². The van der Waals surface area contributed by atoms with Gasteiger partial charge in [-0.05, 0) is 43.9 Å². The number of halogens is 1. The van der Waals surface area contributed by atoms with Gasteiger partial charge in [0.25, 0.3) is 0 Å². The summed E-state index contributed by atoms with van der Waals surface area (Å²) in [5.41, 5.74) is 4.13. The van der Waals surface area contributed by atoms with Gasteiger partial charge in [-0.2, -0.15) is 4.98 Å². The third kappa shape index (κ3) is 2.80. The van der Waals surface area contributed by atoms with Gasteiger partial charge >= 0.3 is 6.01 Å². The van der Waals surface area contributed by atoms with Gasteiger partial charge in [0, 0.05) is 26.7 Å². The Morgan fingerprint density at radius 3 is 2.62 bits per heavy atom. The molecule has 7 heteroatoms. The highest BCUT2D eigenvalue weighted by Crippen LogP contribution is 2.29. The molecule has 0 aliphatic carbocycles. The number of hydrogen-bond acceptors (Lipinski definition) is 5. The quantitative estimate of drug-likeness (QED) is 0.560. The molecule has 2 aromatic carbocycles. The summed E-state index contributed by atoms with van der Waals surface area (Å²) in [6.07, 6.45) is 0. The molecule has 0 amide bonds.